The Hall–Kier alpha value is -1.38. The van der Waals surface area contributed by atoms with Crippen molar-refractivity contribution < 1.29 is 4.42 Å². The van der Waals surface area contributed by atoms with Crippen LogP contribution in [0, 0.1) is 0 Å². The van der Waals surface area contributed by atoms with Crippen LogP contribution < -0.4 is 0 Å². The molecule has 2 heterocycles. The van der Waals surface area contributed by atoms with Gasteiger partial charge < -0.3 is 4.42 Å². The lowest BCUT2D eigenvalue weighted by molar-refractivity contribution is 0.594. The number of aromatic nitrogens is 2. The molecule has 0 amide bonds. The summed E-state index contributed by atoms with van der Waals surface area (Å²) in [6.07, 6.45) is 1.63. The van der Waals surface area contributed by atoms with E-state index in [1.807, 2.05) is 12.1 Å². The third kappa shape index (κ3) is 1.07. The predicted octanol–water partition coefficient (Wildman–Crippen LogP) is 2.35. The SMILES string of the molecule is CC(C)c1cc2ccoc2nn1. The Morgan fingerprint density at radius 1 is 1.33 bits per heavy atom. The van der Waals surface area contributed by atoms with E-state index in [9.17, 15) is 0 Å². The summed E-state index contributed by atoms with van der Waals surface area (Å²) in [6, 6.07) is 3.91. The van der Waals surface area contributed by atoms with Crippen LogP contribution in [0.3, 0.4) is 0 Å². The smallest absolute Gasteiger partial charge is 0.245 e. The Morgan fingerprint density at radius 3 is 2.92 bits per heavy atom. The van der Waals surface area contributed by atoms with Crippen LogP contribution in [0.25, 0.3) is 11.1 Å². The standard InChI is InChI=1S/C9H10N2O/c1-6(2)8-5-7-3-4-12-9(7)11-10-8/h3-6H,1-2H3. The Labute approximate surface area is 70.4 Å². The molecule has 0 aliphatic rings. The van der Waals surface area contributed by atoms with Gasteiger partial charge in [0.2, 0.25) is 5.71 Å². The lowest BCUT2D eigenvalue weighted by Gasteiger charge is -2.00. The van der Waals surface area contributed by atoms with Gasteiger partial charge in [-0.25, -0.2) is 0 Å². The molecule has 62 valence electrons. The minimum Gasteiger partial charge on any atom is -0.445 e. The predicted molar refractivity (Wildman–Crippen MR) is 45.9 cm³/mol. The van der Waals surface area contributed by atoms with Crippen molar-refractivity contribution in [1.29, 1.82) is 0 Å². The van der Waals surface area contributed by atoms with Crippen molar-refractivity contribution >= 4 is 11.1 Å². The minimum atomic E-state index is 0.414. The number of hydrogen-bond acceptors (Lipinski definition) is 3. The molecule has 0 bridgehead atoms. The first-order valence-corrected chi connectivity index (χ1v) is 3.98. The maximum Gasteiger partial charge on any atom is 0.245 e. The van der Waals surface area contributed by atoms with Crippen molar-refractivity contribution in [3.8, 4) is 0 Å². The summed E-state index contributed by atoms with van der Waals surface area (Å²) in [4.78, 5) is 0. The van der Waals surface area contributed by atoms with Crippen LogP contribution in [0.1, 0.15) is 25.5 Å². The maximum atomic E-state index is 5.08. The molecule has 0 fully saturated rings. The van der Waals surface area contributed by atoms with Crippen molar-refractivity contribution in [2.45, 2.75) is 19.8 Å². The molecule has 0 aliphatic heterocycles. The van der Waals surface area contributed by atoms with Crippen molar-refractivity contribution in [2.75, 3.05) is 0 Å². The minimum absolute atomic E-state index is 0.414. The van der Waals surface area contributed by atoms with Gasteiger partial charge in [0.15, 0.2) is 0 Å². The van der Waals surface area contributed by atoms with Crippen LogP contribution in [0.4, 0.5) is 0 Å². The highest BCUT2D eigenvalue weighted by Gasteiger charge is 2.04. The lowest BCUT2D eigenvalue weighted by atomic mass is 10.1. The van der Waals surface area contributed by atoms with Crippen LogP contribution in [-0.4, -0.2) is 10.2 Å². The Balaban J connectivity index is 2.60. The lowest BCUT2D eigenvalue weighted by Crippen LogP contribution is -1.93. The van der Waals surface area contributed by atoms with E-state index in [-0.39, 0.29) is 0 Å². The summed E-state index contributed by atoms with van der Waals surface area (Å²) in [7, 11) is 0. The number of furan rings is 1. The zero-order valence-corrected chi connectivity index (χ0v) is 7.11. The Morgan fingerprint density at radius 2 is 2.17 bits per heavy atom. The highest BCUT2D eigenvalue weighted by Crippen LogP contribution is 2.16. The van der Waals surface area contributed by atoms with E-state index < -0.39 is 0 Å². The Bertz CT molecular complexity index is 392. The molecule has 0 aliphatic carbocycles. The molecule has 0 aromatic carbocycles. The van der Waals surface area contributed by atoms with E-state index in [1.165, 1.54) is 0 Å². The van der Waals surface area contributed by atoms with E-state index in [0.29, 0.717) is 11.6 Å². The van der Waals surface area contributed by atoms with E-state index in [2.05, 4.69) is 24.0 Å². The van der Waals surface area contributed by atoms with Crippen LogP contribution in [0.5, 0.6) is 0 Å². The van der Waals surface area contributed by atoms with Crippen LogP contribution in [0.15, 0.2) is 22.8 Å². The van der Waals surface area contributed by atoms with Crippen LogP contribution >= 0.6 is 0 Å². The quantitative estimate of drug-likeness (QED) is 0.646. The average molecular weight is 162 g/mol. The second kappa shape index (κ2) is 2.59. The van der Waals surface area contributed by atoms with Gasteiger partial charge in [-0.3, -0.25) is 0 Å². The van der Waals surface area contributed by atoms with Gasteiger partial charge in [-0.1, -0.05) is 13.8 Å². The first-order chi connectivity index (χ1) is 5.77. The average Bonchev–Trinajstić information content (AvgIpc) is 2.49. The maximum absolute atomic E-state index is 5.08. The zero-order chi connectivity index (χ0) is 8.55. The van der Waals surface area contributed by atoms with E-state index in [4.69, 9.17) is 4.42 Å². The third-order valence-electron chi connectivity index (χ3n) is 1.83. The number of rotatable bonds is 1. The van der Waals surface area contributed by atoms with Crippen molar-refractivity contribution in [2.24, 2.45) is 0 Å². The van der Waals surface area contributed by atoms with E-state index in [1.54, 1.807) is 6.26 Å². The van der Waals surface area contributed by atoms with Crippen LogP contribution in [-0.2, 0) is 0 Å². The van der Waals surface area contributed by atoms with Gasteiger partial charge in [0.05, 0.1) is 12.0 Å². The monoisotopic (exact) mass is 162 g/mol. The van der Waals surface area contributed by atoms with Crippen molar-refractivity contribution in [3.05, 3.63) is 24.1 Å². The molecule has 3 heteroatoms. The van der Waals surface area contributed by atoms with Gasteiger partial charge in [0.1, 0.15) is 0 Å². The number of fused-ring (bicyclic) bond motifs is 1. The first-order valence-electron chi connectivity index (χ1n) is 3.98. The van der Waals surface area contributed by atoms with Gasteiger partial charge in [-0.15, -0.1) is 5.10 Å². The third-order valence-corrected chi connectivity index (χ3v) is 1.83. The van der Waals surface area contributed by atoms with E-state index >= 15 is 0 Å². The molecule has 0 atom stereocenters. The van der Waals surface area contributed by atoms with Gasteiger partial charge in [-0.05, 0) is 18.1 Å². The summed E-state index contributed by atoms with van der Waals surface area (Å²) >= 11 is 0. The zero-order valence-electron chi connectivity index (χ0n) is 7.11. The fraction of sp³-hybridized carbons (Fsp3) is 0.333. The summed E-state index contributed by atoms with van der Waals surface area (Å²) in [6.45, 7) is 4.19. The molecule has 3 nitrogen and oxygen atoms in total. The molecule has 0 spiro atoms. The molecular weight excluding hydrogens is 152 g/mol. The topological polar surface area (TPSA) is 38.9 Å². The van der Waals surface area contributed by atoms with E-state index in [0.717, 1.165) is 11.1 Å². The van der Waals surface area contributed by atoms with Crippen molar-refractivity contribution in [1.82, 2.24) is 10.2 Å². The molecule has 0 radical (unpaired) electrons. The highest BCUT2D eigenvalue weighted by molar-refractivity contribution is 5.72. The normalized spacial score (nSPS) is 11.2. The number of nitrogens with zero attached hydrogens (tertiary/aromatic N) is 2. The van der Waals surface area contributed by atoms with Crippen molar-refractivity contribution in [3.63, 3.8) is 0 Å². The summed E-state index contributed by atoms with van der Waals surface area (Å²) in [5, 5.41) is 9.00. The van der Waals surface area contributed by atoms with Gasteiger partial charge in [-0.2, -0.15) is 5.10 Å². The first kappa shape index (κ1) is 7.28. The molecule has 0 unspecified atom stereocenters. The van der Waals surface area contributed by atoms with Gasteiger partial charge in [0.25, 0.3) is 0 Å². The fourth-order valence-corrected chi connectivity index (χ4v) is 1.08. The molecule has 2 rings (SSSR count). The number of hydrogen-bond donors (Lipinski definition) is 0. The summed E-state index contributed by atoms with van der Waals surface area (Å²) < 4.78 is 5.08. The largest absolute Gasteiger partial charge is 0.445 e. The summed E-state index contributed by atoms with van der Waals surface area (Å²) in [5.41, 5.74) is 1.61. The Kier molecular flexibility index (Phi) is 1.57. The second-order valence-electron chi connectivity index (χ2n) is 3.10. The second-order valence-corrected chi connectivity index (χ2v) is 3.10. The highest BCUT2D eigenvalue weighted by atomic mass is 16.3. The molecule has 0 saturated carbocycles. The van der Waals surface area contributed by atoms with Gasteiger partial charge in [0, 0.05) is 5.39 Å². The molecule has 0 N–H and O–H groups in total. The molecule has 12 heavy (non-hydrogen) atoms. The molecule has 0 saturated heterocycles. The summed E-state index contributed by atoms with van der Waals surface area (Å²) in [5.74, 6) is 0.414. The molecular formula is C9H10N2O. The fourth-order valence-electron chi connectivity index (χ4n) is 1.08. The van der Waals surface area contributed by atoms with Crippen LogP contribution in [0.2, 0.25) is 0 Å². The van der Waals surface area contributed by atoms with Gasteiger partial charge >= 0.3 is 0 Å². The molecule has 2 aromatic rings. The molecule has 2 aromatic heterocycles.